The number of hydrogen-bond acceptors (Lipinski definition) is 5. The molecule has 0 saturated heterocycles. The van der Waals surface area contributed by atoms with E-state index in [-0.39, 0.29) is 0 Å². The number of benzene rings is 1. The Morgan fingerprint density at radius 2 is 2.30 bits per heavy atom. The van der Waals surface area contributed by atoms with Gasteiger partial charge in [0.05, 0.1) is 13.2 Å². The van der Waals surface area contributed by atoms with Crippen molar-refractivity contribution in [2.24, 2.45) is 0 Å². The van der Waals surface area contributed by atoms with E-state index in [9.17, 15) is 0 Å². The summed E-state index contributed by atoms with van der Waals surface area (Å²) in [6.45, 7) is 1.34. The third kappa shape index (κ3) is 1.82. The van der Waals surface area contributed by atoms with E-state index in [4.69, 9.17) is 12.6 Å². The van der Waals surface area contributed by atoms with Crippen molar-refractivity contribution in [2.45, 2.75) is 13.0 Å². The van der Waals surface area contributed by atoms with E-state index >= 15 is 0 Å². The van der Waals surface area contributed by atoms with Gasteiger partial charge >= 0.3 is 0 Å². The Labute approximate surface area is 116 Å². The molecule has 0 saturated carbocycles. The van der Waals surface area contributed by atoms with Crippen molar-refractivity contribution in [1.82, 2.24) is 25.0 Å². The Balaban J connectivity index is 1.72. The molecule has 0 amide bonds. The second kappa shape index (κ2) is 4.30. The van der Waals surface area contributed by atoms with Crippen LogP contribution in [0.5, 0.6) is 5.75 Å². The zero-order valence-corrected chi connectivity index (χ0v) is 10.7. The predicted octanol–water partition coefficient (Wildman–Crippen LogP) is -0.00170. The van der Waals surface area contributed by atoms with Crippen molar-refractivity contribution in [3.8, 4) is 5.75 Å². The van der Waals surface area contributed by atoms with Gasteiger partial charge in [0.2, 0.25) is 5.65 Å². The maximum absolute atomic E-state index is 5.66. The molecule has 20 heavy (non-hydrogen) atoms. The molecule has 0 unspecified atom stereocenters. The van der Waals surface area contributed by atoms with Gasteiger partial charge in [-0.05, 0) is 17.2 Å². The number of hydrogen-bond donors (Lipinski definition) is 0. The van der Waals surface area contributed by atoms with E-state index in [1.165, 1.54) is 11.8 Å². The second-order valence-electron chi connectivity index (χ2n) is 4.73. The minimum atomic E-state index is 0.364. The van der Waals surface area contributed by atoms with Crippen molar-refractivity contribution in [2.75, 3.05) is 6.61 Å². The van der Waals surface area contributed by atoms with Gasteiger partial charge in [-0.25, -0.2) is 14.6 Å². The topological polar surface area (TPSA) is 65.7 Å². The molecular weight excluding hydrogens is 253 g/mol. The van der Waals surface area contributed by atoms with Gasteiger partial charge in [0, 0.05) is 18.2 Å². The van der Waals surface area contributed by atoms with Crippen LogP contribution in [0.15, 0.2) is 24.4 Å². The van der Waals surface area contributed by atoms with Crippen molar-refractivity contribution in [3.63, 3.8) is 0 Å². The molecule has 4 rings (SSSR count). The van der Waals surface area contributed by atoms with Gasteiger partial charge in [0.15, 0.2) is 5.65 Å². The molecular formula is C13H10BN5O. The maximum atomic E-state index is 5.66. The van der Waals surface area contributed by atoms with E-state index in [1.54, 1.807) is 4.68 Å². The lowest BCUT2D eigenvalue weighted by atomic mass is 10.1. The summed E-state index contributed by atoms with van der Waals surface area (Å²) in [5.41, 5.74) is 3.83. The van der Waals surface area contributed by atoms with E-state index in [2.05, 4.69) is 26.3 Å². The first kappa shape index (κ1) is 11.4. The fourth-order valence-corrected chi connectivity index (χ4v) is 2.39. The fraction of sp³-hybridized carbons (Fsp3) is 0.231. The van der Waals surface area contributed by atoms with Gasteiger partial charge in [-0.3, -0.25) is 0 Å². The van der Waals surface area contributed by atoms with E-state index in [1.807, 2.05) is 12.1 Å². The molecule has 2 aromatic heterocycles. The lowest BCUT2D eigenvalue weighted by Gasteiger charge is -2.04. The van der Waals surface area contributed by atoms with Crippen molar-refractivity contribution in [1.29, 1.82) is 0 Å². The van der Waals surface area contributed by atoms with Crippen LogP contribution in [0.1, 0.15) is 11.1 Å². The van der Waals surface area contributed by atoms with Crippen molar-refractivity contribution >= 4 is 24.7 Å². The standard InChI is InChI=1S/C13H10BN5O/c14-11-6-15-12-13(16-11)19(18-17-12)7-8-1-2-10-9(5-8)3-4-20-10/h1-2,5-6H,3-4,7H2. The van der Waals surface area contributed by atoms with Crippen LogP contribution in [0.3, 0.4) is 0 Å². The number of nitrogens with zero attached hydrogens (tertiary/aromatic N) is 5. The third-order valence-corrected chi connectivity index (χ3v) is 3.33. The zero-order valence-electron chi connectivity index (χ0n) is 10.7. The van der Waals surface area contributed by atoms with E-state index < -0.39 is 0 Å². The SMILES string of the molecule is [B]c1cnc2nnn(Cc3ccc4c(c3)CCO4)c2n1. The summed E-state index contributed by atoms with van der Waals surface area (Å²) in [7, 11) is 5.66. The summed E-state index contributed by atoms with van der Waals surface area (Å²) >= 11 is 0. The summed E-state index contributed by atoms with van der Waals surface area (Å²) in [5, 5.41) is 8.07. The molecule has 96 valence electrons. The Morgan fingerprint density at radius 3 is 3.25 bits per heavy atom. The van der Waals surface area contributed by atoms with Crippen molar-refractivity contribution in [3.05, 3.63) is 35.5 Å². The quantitative estimate of drug-likeness (QED) is 0.609. The normalized spacial score (nSPS) is 13.4. The molecule has 0 bridgehead atoms. The van der Waals surface area contributed by atoms with E-state index in [0.29, 0.717) is 23.4 Å². The van der Waals surface area contributed by atoms with Crippen LogP contribution < -0.4 is 10.3 Å². The molecule has 0 N–H and O–H groups in total. The first-order chi connectivity index (χ1) is 9.79. The van der Waals surface area contributed by atoms with Crippen LogP contribution in [0.4, 0.5) is 0 Å². The summed E-state index contributed by atoms with van der Waals surface area (Å²) in [6.07, 6.45) is 2.43. The maximum Gasteiger partial charge on any atom is 0.221 e. The number of fused-ring (bicyclic) bond motifs is 2. The van der Waals surface area contributed by atoms with Crippen LogP contribution in [-0.2, 0) is 13.0 Å². The lowest BCUT2D eigenvalue weighted by Crippen LogP contribution is -2.11. The molecule has 0 spiro atoms. The summed E-state index contributed by atoms with van der Waals surface area (Å²) in [4.78, 5) is 8.33. The van der Waals surface area contributed by atoms with Crippen LogP contribution in [0.2, 0.25) is 0 Å². The molecule has 7 heteroatoms. The summed E-state index contributed by atoms with van der Waals surface area (Å²) < 4.78 is 7.21. The largest absolute Gasteiger partial charge is 0.493 e. The van der Waals surface area contributed by atoms with Gasteiger partial charge in [-0.1, -0.05) is 17.3 Å². The highest BCUT2D eigenvalue weighted by molar-refractivity contribution is 6.30. The highest BCUT2D eigenvalue weighted by Gasteiger charge is 2.13. The van der Waals surface area contributed by atoms with Crippen LogP contribution in [0.25, 0.3) is 11.3 Å². The van der Waals surface area contributed by atoms with Crippen LogP contribution in [0, 0.1) is 0 Å². The van der Waals surface area contributed by atoms with Crippen LogP contribution in [-0.4, -0.2) is 39.4 Å². The number of ether oxygens (including phenoxy) is 1. The van der Waals surface area contributed by atoms with Crippen LogP contribution >= 0.6 is 0 Å². The molecule has 6 nitrogen and oxygen atoms in total. The minimum absolute atomic E-state index is 0.364. The average molecular weight is 263 g/mol. The van der Waals surface area contributed by atoms with Gasteiger partial charge in [0.1, 0.15) is 13.6 Å². The molecule has 0 atom stereocenters. The third-order valence-electron chi connectivity index (χ3n) is 3.33. The summed E-state index contributed by atoms with van der Waals surface area (Å²) in [5.74, 6) is 0.973. The van der Waals surface area contributed by atoms with E-state index in [0.717, 1.165) is 24.3 Å². The van der Waals surface area contributed by atoms with Gasteiger partial charge in [0.25, 0.3) is 0 Å². The molecule has 0 fully saturated rings. The Bertz CT molecular complexity index is 801. The smallest absolute Gasteiger partial charge is 0.221 e. The predicted molar refractivity (Wildman–Crippen MR) is 73.2 cm³/mol. The zero-order chi connectivity index (χ0) is 13.5. The van der Waals surface area contributed by atoms with Gasteiger partial charge in [-0.15, -0.1) is 5.10 Å². The first-order valence-corrected chi connectivity index (χ1v) is 6.36. The molecule has 3 heterocycles. The van der Waals surface area contributed by atoms with Gasteiger partial charge in [-0.2, -0.15) is 0 Å². The number of rotatable bonds is 2. The molecule has 3 aromatic rings. The van der Waals surface area contributed by atoms with Gasteiger partial charge < -0.3 is 4.74 Å². The molecule has 2 radical (unpaired) electrons. The fourth-order valence-electron chi connectivity index (χ4n) is 2.39. The monoisotopic (exact) mass is 263 g/mol. The molecule has 1 aliphatic heterocycles. The lowest BCUT2D eigenvalue weighted by molar-refractivity contribution is 0.357. The average Bonchev–Trinajstić information content (AvgIpc) is 3.05. The van der Waals surface area contributed by atoms with Crippen molar-refractivity contribution < 1.29 is 4.74 Å². The molecule has 0 aliphatic carbocycles. The highest BCUT2D eigenvalue weighted by atomic mass is 16.5. The Kier molecular flexibility index (Phi) is 2.45. The summed E-state index contributed by atoms with van der Waals surface area (Å²) in [6, 6.07) is 6.16. The Hall–Kier alpha value is -2.44. The second-order valence-corrected chi connectivity index (χ2v) is 4.73. The first-order valence-electron chi connectivity index (χ1n) is 6.36. The Morgan fingerprint density at radius 1 is 1.35 bits per heavy atom. The number of aromatic nitrogens is 5. The molecule has 1 aromatic carbocycles. The minimum Gasteiger partial charge on any atom is -0.493 e. The molecule has 1 aliphatic rings. The highest BCUT2D eigenvalue weighted by Crippen LogP contribution is 2.26.